The van der Waals surface area contributed by atoms with E-state index in [2.05, 4.69) is 4.74 Å². The van der Waals surface area contributed by atoms with Gasteiger partial charge in [-0.2, -0.15) is 52.7 Å². The highest BCUT2D eigenvalue weighted by atomic mass is 19.4. The zero-order valence-electron chi connectivity index (χ0n) is 8.90. The van der Waals surface area contributed by atoms with Gasteiger partial charge in [-0.1, -0.05) is 0 Å². The lowest BCUT2D eigenvalue weighted by Crippen LogP contribution is -2.62. The first-order valence-corrected chi connectivity index (χ1v) is 4.47. The van der Waals surface area contributed by atoms with Crippen molar-refractivity contribution in [2.75, 3.05) is 0 Å². The maximum atomic E-state index is 13.2. The van der Waals surface area contributed by atoms with Gasteiger partial charge >= 0.3 is 30.4 Å². The van der Waals surface area contributed by atoms with E-state index < -0.39 is 42.1 Å². The Balaban J connectivity index is 3.47. The smallest absolute Gasteiger partial charge is 0.345 e. The molecule has 0 N–H and O–H groups in total. The minimum absolute atomic E-state index is 2.59. The summed E-state index contributed by atoms with van der Waals surface area (Å²) >= 11 is 0. The van der Waals surface area contributed by atoms with E-state index in [1.807, 2.05) is 0 Å². The fourth-order valence-electron chi connectivity index (χ4n) is 1.56. The van der Waals surface area contributed by atoms with Crippen molar-refractivity contribution >= 4 is 0 Å². The van der Waals surface area contributed by atoms with Crippen LogP contribution in [-0.4, -0.2) is 42.1 Å². The van der Waals surface area contributed by atoms with E-state index >= 15 is 0 Å². The molecule has 1 nitrogen and oxygen atoms in total. The Labute approximate surface area is 105 Å². The van der Waals surface area contributed by atoms with Crippen molar-refractivity contribution in [3.8, 4) is 0 Å². The second-order valence-corrected chi connectivity index (χ2v) is 3.94. The van der Waals surface area contributed by atoms with Crippen molar-refractivity contribution in [2.24, 2.45) is 0 Å². The van der Waals surface area contributed by atoms with Crippen LogP contribution in [0.5, 0.6) is 0 Å². The second kappa shape index (κ2) is 4.07. The van der Waals surface area contributed by atoms with E-state index in [0.717, 1.165) is 0 Å². The molecule has 1 atom stereocenters. The third-order valence-electron chi connectivity index (χ3n) is 2.64. The highest BCUT2D eigenvalue weighted by Gasteiger charge is 2.97. The van der Waals surface area contributed by atoms with Crippen LogP contribution in [0.25, 0.3) is 0 Å². The topological polar surface area (TPSA) is 12.5 Å². The third kappa shape index (κ3) is 2.21. The van der Waals surface area contributed by atoms with Gasteiger partial charge in [-0.25, -0.2) is 4.39 Å². The number of epoxide rings is 1. The van der Waals surface area contributed by atoms with Gasteiger partial charge in [0.15, 0.2) is 6.10 Å². The number of hydrogen-bond donors (Lipinski definition) is 0. The van der Waals surface area contributed by atoms with Gasteiger partial charge in [-0.15, -0.1) is 0 Å². The summed E-state index contributed by atoms with van der Waals surface area (Å²) in [6.45, 7) is 0. The van der Waals surface area contributed by atoms with E-state index in [9.17, 15) is 57.1 Å². The quantitative estimate of drug-likeness (QED) is 0.514. The summed E-state index contributed by atoms with van der Waals surface area (Å²) < 4.78 is 162. The molecule has 0 saturated carbocycles. The van der Waals surface area contributed by atoms with Gasteiger partial charge in [0, 0.05) is 0 Å². The lowest BCUT2D eigenvalue weighted by Gasteiger charge is -2.30. The van der Waals surface area contributed by atoms with Gasteiger partial charge in [0.05, 0.1) is 0 Å². The van der Waals surface area contributed by atoms with E-state index in [-0.39, 0.29) is 0 Å². The Bertz CT molecular complexity index is 380. The Kier molecular flexibility index (Phi) is 3.51. The predicted octanol–water partition coefficient (Wildman–Crippen LogP) is 4.08. The molecule has 14 heteroatoms. The summed E-state index contributed by atoms with van der Waals surface area (Å²) in [5.41, 5.74) is -12.7. The molecule has 0 radical (unpaired) electrons. The van der Waals surface area contributed by atoms with Crippen molar-refractivity contribution < 1.29 is 61.8 Å². The van der Waals surface area contributed by atoms with Gasteiger partial charge in [-0.3, -0.25) is 0 Å². The molecular formula is C7HF13O. The van der Waals surface area contributed by atoms with Crippen LogP contribution >= 0.6 is 0 Å². The highest BCUT2D eigenvalue weighted by molar-refractivity contribution is 5.24. The molecule has 0 aromatic rings. The minimum Gasteiger partial charge on any atom is -0.345 e. The van der Waals surface area contributed by atoms with Gasteiger partial charge in [-0.05, 0) is 0 Å². The molecule has 0 spiro atoms. The van der Waals surface area contributed by atoms with Gasteiger partial charge in [0.1, 0.15) is 0 Å². The number of halogens is 13. The van der Waals surface area contributed by atoms with Crippen LogP contribution in [0.4, 0.5) is 57.1 Å². The molecule has 1 fully saturated rings. The molecule has 1 aliphatic heterocycles. The van der Waals surface area contributed by atoms with Crippen LogP contribution in [0.1, 0.15) is 0 Å². The highest BCUT2D eigenvalue weighted by Crippen LogP contribution is 2.67. The number of rotatable bonds is 1. The first-order chi connectivity index (χ1) is 8.84. The zero-order chi connectivity index (χ0) is 17.3. The maximum absolute atomic E-state index is 13.2. The SMILES string of the molecule is FC(F)(F)C(F)(C1OC1(C(F)(F)F)C(F)(F)F)C(F)(F)F. The molecule has 1 unspecified atom stereocenters. The molecule has 0 aromatic heterocycles. The minimum atomic E-state index is -7.10. The number of ether oxygens (including phenoxy) is 1. The van der Waals surface area contributed by atoms with Crippen molar-refractivity contribution in [1.29, 1.82) is 0 Å². The van der Waals surface area contributed by atoms with E-state index in [1.165, 1.54) is 0 Å². The molecule has 1 aliphatic rings. The van der Waals surface area contributed by atoms with Crippen LogP contribution in [0, 0.1) is 0 Å². The van der Waals surface area contributed by atoms with E-state index in [1.54, 1.807) is 0 Å². The lowest BCUT2D eigenvalue weighted by atomic mass is 9.89. The average molecular weight is 348 g/mol. The fraction of sp³-hybridized carbons (Fsp3) is 1.00. The van der Waals surface area contributed by atoms with Crippen molar-refractivity contribution in [2.45, 2.75) is 42.1 Å². The van der Waals surface area contributed by atoms with E-state index in [4.69, 9.17) is 0 Å². The molecule has 1 rings (SSSR count). The molecule has 21 heavy (non-hydrogen) atoms. The zero-order valence-corrected chi connectivity index (χ0v) is 8.90. The summed E-state index contributed by atoms with van der Waals surface area (Å²) in [5, 5.41) is 0. The second-order valence-electron chi connectivity index (χ2n) is 3.94. The first kappa shape index (κ1) is 18.1. The average Bonchev–Trinajstić information content (AvgIpc) is 2.85. The standard InChI is InChI=1S/C7HF13O/c8-2(4(9,10)11,5(12,13)14)1-3(21-1,6(15,16)17)7(18,19)20/h1H. The summed E-state index contributed by atoms with van der Waals surface area (Å²) in [4.78, 5) is 0. The Morgan fingerprint density at radius 3 is 1.00 bits per heavy atom. The normalized spacial score (nSPS) is 24.1. The first-order valence-electron chi connectivity index (χ1n) is 4.47. The monoisotopic (exact) mass is 348 g/mol. The fourth-order valence-corrected chi connectivity index (χ4v) is 1.56. The van der Waals surface area contributed by atoms with Gasteiger partial charge in [0.25, 0.3) is 5.60 Å². The predicted molar refractivity (Wildman–Crippen MR) is 35.7 cm³/mol. The van der Waals surface area contributed by atoms with Gasteiger partial charge in [0.2, 0.25) is 0 Å². The molecule has 0 amide bonds. The van der Waals surface area contributed by atoms with E-state index in [0.29, 0.717) is 0 Å². The van der Waals surface area contributed by atoms with Crippen LogP contribution in [0.3, 0.4) is 0 Å². The molecular weight excluding hydrogens is 347 g/mol. The van der Waals surface area contributed by atoms with Crippen LogP contribution in [0.15, 0.2) is 0 Å². The summed E-state index contributed by atoms with van der Waals surface area (Å²) in [5.74, 6) is 0. The third-order valence-corrected chi connectivity index (χ3v) is 2.64. The van der Waals surface area contributed by atoms with Crippen molar-refractivity contribution in [3.63, 3.8) is 0 Å². The van der Waals surface area contributed by atoms with Crippen molar-refractivity contribution in [1.82, 2.24) is 0 Å². The van der Waals surface area contributed by atoms with Crippen LogP contribution in [0.2, 0.25) is 0 Å². The Hall–Kier alpha value is -0.950. The molecule has 0 aliphatic carbocycles. The lowest BCUT2D eigenvalue weighted by molar-refractivity contribution is -0.350. The summed E-state index contributed by atoms with van der Waals surface area (Å²) in [6.07, 6.45) is -32.5. The van der Waals surface area contributed by atoms with Crippen LogP contribution < -0.4 is 0 Å². The molecule has 1 saturated heterocycles. The number of alkyl halides is 13. The maximum Gasteiger partial charge on any atom is 0.434 e. The number of hydrogen-bond acceptors (Lipinski definition) is 1. The molecule has 0 bridgehead atoms. The largest absolute Gasteiger partial charge is 0.434 e. The molecule has 0 aromatic carbocycles. The van der Waals surface area contributed by atoms with Crippen LogP contribution in [-0.2, 0) is 4.74 Å². The van der Waals surface area contributed by atoms with Gasteiger partial charge < -0.3 is 4.74 Å². The molecule has 126 valence electrons. The Morgan fingerprint density at radius 2 is 0.857 bits per heavy atom. The summed E-state index contributed by atoms with van der Waals surface area (Å²) in [7, 11) is 0. The Morgan fingerprint density at radius 1 is 0.571 bits per heavy atom. The van der Waals surface area contributed by atoms with Crippen molar-refractivity contribution in [3.05, 3.63) is 0 Å². The molecule has 1 heterocycles. The summed E-state index contributed by atoms with van der Waals surface area (Å²) in [6, 6.07) is 0.